The van der Waals surface area contributed by atoms with Crippen molar-refractivity contribution >= 4 is 21.6 Å². The van der Waals surface area contributed by atoms with Crippen LogP contribution in [0.15, 0.2) is 53.4 Å². The van der Waals surface area contributed by atoms with E-state index in [9.17, 15) is 13.2 Å². The number of nitrogens with zero attached hydrogens (tertiary/aromatic N) is 2. The summed E-state index contributed by atoms with van der Waals surface area (Å²) in [6.45, 7) is 3.35. The van der Waals surface area contributed by atoms with Crippen molar-refractivity contribution in [2.45, 2.75) is 24.8 Å². The van der Waals surface area contributed by atoms with Crippen LogP contribution in [0.1, 0.15) is 19.4 Å². The first-order chi connectivity index (χ1) is 12.7. The normalized spacial score (nSPS) is 11.3. The van der Waals surface area contributed by atoms with Crippen molar-refractivity contribution in [3.05, 3.63) is 54.1 Å². The molecule has 1 amide bonds. The van der Waals surface area contributed by atoms with E-state index >= 15 is 0 Å². The van der Waals surface area contributed by atoms with Crippen LogP contribution in [0.2, 0.25) is 0 Å². The van der Waals surface area contributed by atoms with E-state index in [-0.39, 0.29) is 17.5 Å². The van der Waals surface area contributed by atoms with Gasteiger partial charge in [0.25, 0.3) is 5.91 Å². The smallest absolute Gasteiger partial charge is 0.262 e. The van der Waals surface area contributed by atoms with Gasteiger partial charge in [-0.2, -0.15) is 9.57 Å². The minimum atomic E-state index is -3.57. The summed E-state index contributed by atoms with van der Waals surface area (Å²) in [5.74, 6) is 0.0228. The molecule has 0 heterocycles. The van der Waals surface area contributed by atoms with Crippen molar-refractivity contribution in [3.8, 4) is 11.8 Å². The number of nitrogens with one attached hydrogen (secondary N) is 1. The quantitative estimate of drug-likeness (QED) is 0.787. The van der Waals surface area contributed by atoms with Crippen LogP contribution in [0.4, 0.5) is 5.69 Å². The number of ether oxygens (including phenoxy) is 1. The molecule has 0 aliphatic carbocycles. The third kappa shape index (κ3) is 5.29. The molecule has 0 aliphatic rings. The molecule has 0 radical (unpaired) electrons. The fourth-order valence-electron chi connectivity index (χ4n) is 2.16. The van der Waals surface area contributed by atoms with Crippen LogP contribution in [-0.2, 0) is 14.8 Å². The summed E-state index contributed by atoms with van der Waals surface area (Å²) < 4.78 is 31.5. The minimum Gasteiger partial charge on any atom is -0.484 e. The molecule has 27 heavy (non-hydrogen) atoms. The number of hydrogen-bond acceptors (Lipinski definition) is 5. The Kier molecular flexibility index (Phi) is 6.55. The minimum absolute atomic E-state index is 0.154. The van der Waals surface area contributed by atoms with Crippen LogP contribution in [0.5, 0.6) is 5.75 Å². The average Bonchev–Trinajstić information content (AvgIpc) is 2.66. The summed E-state index contributed by atoms with van der Waals surface area (Å²) in [5, 5.41) is 11.5. The summed E-state index contributed by atoms with van der Waals surface area (Å²) in [6.07, 6.45) is 0. The Balaban J connectivity index is 1.98. The molecule has 0 fully saturated rings. The highest BCUT2D eigenvalue weighted by molar-refractivity contribution is 7.89. The lowest BCUT2D eigenvalue weighted by Gasteiger charge is -2.21. The molecule has 0 aliphatic heterocycles. The summed E-state index contributed by atoms with van der Waals surface area (Å²) in [6, 6.07) is 14.3. The molecule has 2 aromatic carbocycles. The molecule has 2 aromatic rings. The van der Waals surface area contributed by atoms with E-state index in [0.717, 1.165) is 0 Å². The van der Waals surface area contributed by atoms with Crippen LogP contribution in [0, 0.1) is 11.3 Å². The molecule has 0 saturated carbocycles. The molecule has 0 saturated heterocycles. The lowest BCUT2D eigenvalue weighted by Crippen LogP contribution is -2.33. The molecular formula is C19H21N3O4S. The molecule has 0 aromatic heterocycles. The van der Waals surface area contributed by atoms with Gasteiger partial charge >= 0.3 is 0 Å². The Hall–Kier alpha value is -2.89. The SMILES string of the molecule is CC(C)N(C)S(=O)(=O)c1ccc(NC(=O)COc2cccc(C#N)c2)cc1. The van der Waals surface area contributed by atoms with E-state index < -0.39 is 15.9 Å². The second-order valence-electron chi connectivity index (χ2n) is 6.12. The van der Waals surface area contributed by atoms with E-state index in [4.69, 9.17) is 10.00 Å². The third-order valence-corrected chi connectivity index (χ3v) is 5.92. The number of amides is 1. The highest BCUT2D eigenvalue weighted by Gasteiger charge is 2.22. The fourth-order valence-corrected chi connectivity index (χ4v) is 3.52. The third-order valence-electron chi connectivity index (χ3n) is 3.88. The molecular weight excluding hydrogens is 366 g/mol. The van der Waals surface area contributed by atoms with Gasteiger partial charge in [-0.1, -0.05) is 6.07 Å². The van der Waals surface area contributed by atoms with Crippen molar-refractivity contribution in [3.63, 3.8) is 0 Å². The van der Waals surface area contributed by atoms with Gasteiger partial charge in [-0.25, -0.2) is 8.42 Å². The Morgan fingerprint density at radius 2 is 1.89 bits per heavy atom. The molecule has 0 bridgehead atoms. The first-order valence-electron chi connectivity index (χ1n) is 8.25. The van der Waals surface area contributed by atoms with E-state index in [2.05, 4.69) is 5.32 Å². The average molecular weight is 387 g/mol. The van der Waals surface area contributed by atoms with Crippen LogP contribution < -0.4 is 10.1 Å². The van der Waals surface area contributed by atoms with Crippen LogP contribution >= 0.6 is 0 Å². The van der Waals surface area contributed by atoms with Crippen LogP contribution in [-0.4, -0.2) is 38.3 Å². The molecule has 0 spiro atoms. The molecule has 1 N–H and O–H groups in total. The maximum Gasteiger partial charge on any atom is 0.262 e. The molecule has 2 rings (SSSR count). The Morgan fingerprint density at radius 1 is 1.22 bits per heavy atom. The second kappa shape index (κ2) is 8.66. The number of carbonyl (C=O) groups is 1. The van der Waals surface area contributed by atoms with Gasteiger partial charge in [0.15, 0.2) is 6.61 Å². The molecule has 8 heteroatoms. The predicted octanol–water partition coefficient (Wildman–Crippen LogP) is 2.60. The Bertz CT molecular complexity index is 948. The molecule has 142 valence electrons. The first kappa shape index (κ1) is 20.4. The highest BCUT2D eigenvalue weighted by Crippen LogP contribution is 2.19. The van der Waals surface area contributed by atoms with Crippen LogP contribution in [0.3, 0.4) is 0 Å². The predicted molar refractivity (Wildman–Crippen MR) is 102 cm³/mol. The van der Waals surface area contributed by atoms with Gasteiger partial charge in [-0.3, -0.25) is 4.79 Å². The van der Waals surface area contributed by atoms with Crippen LogP contribution in [0.25, 0.3) is 0 Å². The Labute approximate surface area is 159 Å². The van der Waals surface area contributed by atoms with Crippen molar-refractivity contribution in [1.82, 2.24) is 4.31 Å². The molecule has 0 unspecified atom stereocenters. The zero-order chi connectivity index (χ0) is 20.0. The second-order valence-corrected chi connectivity index (χ2v) is 8.11. The summed E-state index contributed by atoms with van der Waals surface area (Å²) in [5.41, 5.74) is 0.900. The number of carbonyl (C=O) groups excluding carboxylic acids is 1. The number of benzene rings is 2. The first-order valence-corrected chi connectivity index (χ1v) is 9.69. The monoisotopic (exact) mass is 387 g/mol. The van der Waals surface area contributed by atoms with E-state index in [0.29, 0.717) is 17.0 Å². The Morgan fingerprint density at radius 3 is 2.48 bits per heavy atom. The van der Waals surface area contributed by atoms with Gasteiger partial charge in [-0.15, -0.1) is 0 Å². The lowest BCUT2D eigenvalue weighted by molar-refractivity contribution is -0.118. The largest absolute Gasteiger partial charge is 0.484 e. The zero-order valence-electron chi connectivity index (χ0n) is 15.3. The van der Waals surface area contributed by atoms with Gasteiger partial charge < -0.3 is 10.1 Å². The number of sulfonamides is 1. The van der Waals surface area contributed by atoms with E-state index in [1.807, 2.05) is 6.07 Å². The highest BCUT2D eigenvalue weighted by atomic mass is 32.2. The van der Waals surface area contributed by atoms with Crippen molar-refractivity contribution in [2.24, 2.45) is 0 Å². The summed E-state index contributed by atoms with van der Waals surface area (Å²) in [7, 11) is -2.04. The van der Waals surface area contributed by atoms with Gasteiger partial charge in [-0.05, 0) is 56.3 Å². The van der Waals surface area contributed by atoms with E-state index in [1.54, 1.807) is 32.0 Å². The van der Waals surface area contributed by atoms with Gasteiger partial charge in [0, 0.05) is 18.8 Å². The molecule has 0 atom stereocenters. The number of hydrogen-bond donors (Lipinski definition) is 1. The zero-order valence-corrected chi connectivity index (χ0v) is 16.2. The number of nitriles is 1. The van der Waals surface area contributed by atoms with Crippen molar-refractivity contribution in [2.75, 3.05) is 19.0 Å². The van der Waals surface area contributed by atoms with E-state index in [1.165, 1.54) is 41.7 Å². The standard InChI is InChI=1S/C19H21N3O4S/c1-14(2)22(3)27(24,25)18-9-7-16(8-10-18)21-19(23)13-26-17-6-4-5-15(11-17)12-20/h4-11,14H,13H2,1-3H3,(H,21,23). The maximum atomic E-state index is 12.4. The van der Waals surface area contributed by atoms with Gasteiger partial charge in [0.1, 0.15) is 5.75 Å². The van der Waals surface area contributed by atoms with Gasteiger partial charge in [0.2, 0.25) is 10.0 Å². The summed E-state index contributed by atoms with van der Waals surface area (Å²) >= 11 is 0. The number of rotatable bonds is 7. The topological polar surface area (TPSA) is 99.5 Å². The van der Waals surface area contributed by atoms with Crippen molar-refractivity contribution in [1.29, 1.82) is 5.26 Å². The molecule has 7 nitrogen and oxygen atoms in total. The summed E-state index contributed by atoms with van der Waals surface area (Å²) in [4.78, 5) is 12.1. The van der Waals surface area contributed by atoms with Crippen molar-refractivity contribution < 1.29 is 17.9 Å². The fraction of sp³-hybridized carbons (Fsp3) is 0.263. The lowest BCUT2D eigenvalue weighted by atomic mass is 10.2. The number of anilines is 1. The maximum absolute atomic E-state index is 12.4. The van der Waals surface area contributed by atoms with Gasteiger partial charge in [0.05, 0.1) is 16.5 Å².